The summed E-state index contributed by atoms with van der Waals surface area (Å²) in [6.07, 6.45) is 4.02. The van der Waals surface area contributed by atoms with Gasteiger partial charge in [-0.25, -0.2) is 0 Å². The number of rotatable bonds is 4. The first-order valence-electron chi connectivity index (χ1n) is 9.05. The van der Waals surface area contributed by atoms with Gasteiger partial charge in [-0.15, -0.1) is 5.92 Å². The van der Waals surface area contributed by atoms with Gasteiger partial charge in [-0.05, 0) is 19.8 Å². The number of aromatic nitrogens is 3. The standard InChI is InChI=1S/C19H27N5O/c1-5-8-9-23-13-17-19(21-23)16(10-18(25)22(17)4)24-12-14(6-2)20-11-15(24)7-3/h10,13-15,20H,6-7,9,11-12H2,1-4H3/t14-,15+/m1/s1. The van der Waals surface area contributed by atoms with Crippen LogP contribution in [0.2, 0.25) is 0 Å². The Labute approximate surface area is 148 Å². The molecule has 6 nitrogen and oxygen atoms in total. The van der Waals surface area contributed by atoms with Gasteiger partial charge in [-0.1, -0.05) is 19.8 Å². The van der Waals surface area contributed by atoms with Crippen molar-refractivity contribution in [3.63, 3.8) is 0 Å². The second kappa shape index (κ2) is 7.32. The summed E-state index contributed by atoms with van der Waals surface area (Å²) in [6, 6.07) is 2.56. The molecule has 3 heterocycles. The second-order valence-corrected chi connectivity index (χ2v) is 6.64. The number of nitrogens with zero attached hydrogens (tertiary/aromatic N) is 4. The first-order chi connectivity index (χ1) is 12.1. The fourth-order valence-electron chi connectivity index (χ4n) is 3.50. The van der Waals surface area contributed by atoms with Crippen LogP contribution in [0.5, 0.6) is 0 Å². The molecule has 2 aromatic heterocycles. The summed E-state index contributed by atoms with van der Waals surface area (Å²) < 4.78 is 3.49. The van der Waals surface area contributed by atoms with Crippen molar-refractivity contribution < 1.29 is 0 Å². The van der Waals surface area contributed by atoms with Crippen molar-refractivity contribution in [1.82, 2.24) is 19.7 Å². The first kappa shape index (κ1) is 17.6. The topological polar surface area (TPSA) is 55.1 Å². The highest BCUT2D eigenvalue weighted by Gasteiger charge is 2.28. The summed E-state index contributed by atoms with van der Waals surface area (Å²) >= 11 is 0. The van der Waals surface area contributed by atoms with E-state index in [1.807, 2.05) is 17.8 Å². The Balaban J connectivity index is 2.12. The van der Waals surface area contributed by atoms with Crippen LogP contribution in [-0.2, 0) is 13.6 Å². The lowest BCUT2D eigenvalue weighted by Gasteiger charge is -2.41. The summed E-state index contributed by atoms with van der Waals surface area (Å²) in [5.41, 5.74) is 2.70. The number of pyridine rings is 1. The molecular weight excluding hydrogens is 314 g/mol. The smallest absolute Gasteiger partial charge is 0.252 e. The molecular formula is C19H27N5O. The van der Waals surface area contributed by atoms with Crippen LogP contribution in [0.25, 0.3) is 11.0 Å². The zero-order valence-electron chi connectivity index (χ0n) is 15.5. The van der Waals surface area contributed by atoms with E-state index in [0.717, 1.165) is 42.7 Å². The molecule has 0 unspecified atom stereocenters. The minimum atomic E-state index is 0.00469. The van der Waals surface area contributed by atoms with Gasteiger partial charge < -0.3 is 14.8 Å². The number of anilines is 1. The number of fused-ring (bicyclic) bond motifs is 1. The molecule has 0 saturated carbocycles. The second-order valence-electron chi connectivity index (χ2n) is 6.64. The van der Waals surface area contributed by atoms with Gasteiger partial charge in [-0.2, -0.15) is 5.10 Å². The van der Waals surface area contributed by atoms with Crippen molar-refractivity contribution in [1.29, 1.82) is 0 Å². The fraction of sp³-hybridized carbons (Fsp3) is 0.579. The zero-order chi connectivity index (χ0) is 18.0. The molecule has 25 heavy (non-hydrogen) atoms. The number of aryl methyl sites for hydroxylation is 1. The van der Waals surface area contributed by atoms with Crippen molar-refractivity contribution in [3.05, 3.63) is 22.6 Å². The van der Waals surface area contributed by atoms with Crippen LogP contribution in [0.1, 0.15) is 33.6 Å². The van der Waals surface area contributed by atoms with Crippen LogP contribution >= 0.6 is 0 Å². The van der Waals surface area contributed by atoms with E-state index in [9.17, 15) is 4.79 Å². The summed E-state index contributed by atoms with van der Waals surface area (Å²) in [4.78, 5) is 14.9. The fourth-order valence-corrected chi connectivity index (χ4v) is 3.50. The summed E-state index contributed by atoms with van der Waals surface area (Å²) in [7, 11) is 1.80. The highest BCUT2D eigenvalue weighted by molar-refractivity contribution is 5.88. The molecule has 0 radical (unpaired) electrons. The minimum Gasteiger partial charge on any atom is -0.364 e. The molecule has 1 N–H and O–H groups in total. The van der Waals surface area contributed by atoms with Gasteiger partial charge in [0.2, 0.25) is 0 Å². The van der Waals surface area contributed by atoms with Crippen LogP contribution in [0.4, 0.5) is 5.69 Å². The Morgan fingerprint density at radius 1 is 1.36 bits per heavy atom. The highest BCUT2D eigenvalue weighted by atomic mass is 16.1. The van der Waals surface area contributed by atoms with Gasteiger partial charge in [0, 0.05) is 38.3 Å². The third-order valence-electron chi connectivity index (χ3n) is 5.13. The van der Waals surface area contributed by atoms with E-state index in [4.69, 9.17) is 5.10 Å². The third-order valence-corrected chi connectivity index (χ3v) is 5.13. The van der Waals surface area contributed by atoms with Crippen molar-refractivity contribution in [2.45, 2.75) is 52.2 Å². The van der Waals surface area contributed by atoms with Crippen LogP contribution in [0.15, 0.2) is 17.1 Å². The van der Waals surface area contributed by atoms with E-state index >= 15 is 0 Å². The predicted molar refractivity (Wildman–Crippen MR) is 102 cm³/mol. The Kier molecular flexibility index (Phi) is 5.14. The van der Waals surface area contributed by atoms with Crippen molar-refractivity contribution in [2.75, 3.05) is 18.0 Å². The van der Waals surface area contributed by atoms with Crippen LogP contribution < -0.4 is 15.8 Å². The Hall–Kier alpha value is -2.26. The van der Waals surface area contributed by atoms with Crippen molar-refractivity contribution in [2.24, 2.45) is 7.05 Å². The molecule has 2 atom stereocenters. The maximum atomic E-state index is 12.5. The predicted octanol–water partition coefficient (Wildman–Crippen LogP) is 1.73. The number of hydrogen-bond donors (Lipinski definition) is 1. The Morgan fingerprint density at radius 3 is 2.84 bits per heavy atom. The molecule has 0 amide bonds. The van der Waals surface area contributed by atoms with Gasteiger partial charge in [0.1, 0.15) is 12.1 Å². The monoisotopic (exact) mass is 341 g/mol. The van der Waals surface area contributed by atoms with E-state index in [1.54, 1.807) is 17.7 Å². The lowest BCUT2D eigenvalue weighted by Crippen LogP contribution is -2.56. The van der Waals surface area contributed by atoms with Gasteiger partial charge >= 0.3 is 0 Å². The minimum absolute atomic E-state index is 0.00469. The lowest BCUT2D eigenvalue weighted by atomic mass is 10.0. The van der Waals surface area contributed by atoms with E-state index in [-0.39, 0.29) is 5.56 Å². The molecule has 6 heteroatoms. The highest BCUT2D eigenvalue weighted by Crippen LogP contribution is 2.28. The van der Waals surface area contributed by atoms with E-state index in [0.29, 0.717) is 18.6 Å². The van der Waals surface area contributed by atoms with E-state index < -0.39 is 0 Å². The Bertz CT molecular complexity index is 870. The molecule has 0 aliphatic carbocycles. The van der Waals surface area contributed by atoms with Crippen molar-refractivity contribution in [3.8, 4) is 11.8 Å². The number of nitrogens with one attached hydrogen (secondary N) is 1. The van der Waals surface area contributed by atoms with Gasteiger partial charge in [0.25, 0.3) is 5.56 Å². The van der Waals surface area contributed by atoms with Gasteiger partial charge in [0.05, 0.1) is 17.4 Å². The molecule has 134 valence electrons. The average molecular weight is 341 g/mol. The van der Waals surface area contributed by atoms with Crippen LogP contribution in [-0.4, -0.2) is 39.5 Å². The largest absolute Gasteiger partial charge is 0.364 e. The zero-order valence-corrected chi connectivity index (χ0v) is 15.5. The van der Waals surface area contributed by atoms with Gasteiger partial charge in [-0.3, -0.25) is 9.48 Å². The normalized spacial score (nSPS) is 20.6. The molecule has 1 aliphatic heterocycles. The summed E-state index contributed by atoms with van der Waals surface area (Å²) in [5.74, 6) is 5.93. The summed E-state index contributed by atoms with van der Waals surface area (Å²) in [5, 5.41) is 8.35. The van der Waals surface area contributed by atoms with E-state index in [2.05, 4.69) is 35.9 Å². The van der Waals surface area contributed by atoms with E-state index in [1.165, 1.54) is 0 Å². The molecule has 0 spiro atoms. The number of piperazine rings is 1. The average Bonchev–Trinajstić information content (AvgIpc) is 3.07. The first-order valence-corrected chi connectivity index (χ1v) is 9.05. The molecule has 3 rings (SSSR count). The molecule has 1 aliphatic rings. The maximum Gasteiger partial charge on any atom is 0.252 e. The molecule has 1 fully saturated rings. The van der Waals surface area contributed by atoms with Crippen LogP contribution in [0, 0.1) is 11.8 Å². The quantitative estimate of drug-likeness (QED) is 0.861. The SMILES string of the molecule is CC#CCn1cc2c(n1)c(N1C[C@@H](CC)NC[C@@H]1CC)cc(=O)n2C. The molecule has 0 bridgehead atoms. The third kappa shape index (κ3) is 3.29. The molecule has 0 aromatic carbocycles. The number of hydrogen-bond acceptors (Lipinski definition) is 4. The maximum absolute atomic E-state index is 12.5. The summed E-state index contributed by atoms with van der Waals surface area (Å²) in [6.45, 7) is 8.59. The van der Waals surface area contributed by atoms with Crippen molar-refractivity contribution >= 4 is 16.7 Å². The van der Waals surface area contributed by atoms with Gasteiger partial charge in [0.15, 0.2) is 0 Å². The van der Waals surface area contributed by atoms with Crippen LogP contribution in [0.3, 0.4) is 0 Å². The Morgan fingerprint density at radius 2 is 2.16 bits per heavy atom. The molecule has 1 saturated heterocycles. The molecule has 2 aromatic rings. The lowest BCUT2D eigenvalue weighted by molar-refractivity contribution is 0.379.